The third kappa shape index (κ3) is 4.79. The van der Waals surface area contributed by atoms with E-state index in [4.69, 9.17) is 4.74 Å². The van der Waals surface area contributed by atoms with Gasteiger partial charge >= 0.3 is 0 Å². The molecule has 4 rings (SSSR count). The summed E-state index contributed by atoms with van der Waals surface area (Å²) in [6.07, 6.45) is 6.71. The van der Waals surface area contributed by atoms with E-state index in [-0.39, 0.29) is 12.4 Å². The van der Waals surface area contributed by atoms with Gasteiger partial charge < -0.3 is 9.84 Å². The van der Waals surface area contributed by atoms with Crippen molar-refractivity contribution < 1.29 is 9.84 Å². The van der Waals surface area contributed by atoms with Gasteiger partial charge in [0.1, 0.15) is 5.75 Å². The molecule has 0 aromatic heterocycles. The number of hydrogen-bond acceptors (Lipinski definition) is 3. The molecule has 1 fully saturated rings. The quantitative estimate of drug-likeness (QED) is 0.669. The van der Waals surface area contributed by atoms with Crippen LogP contribution in [0.5, 0.6) is 5.75 Å². The van der Waals surface area contributed by atoms with Gasteiger partial charge in [-0.1, -0.05) is 48.9 Å². The molecule has 2 aromatic carbocycles. The average molecular weight is 416 g/mol. The molecule has 1 N–H and O–H groups in total. The first-order chi connectivity index (χ1) is 13.6. The molecule has 4 heteroatoms. The van der Waals surface area contributed by atoms with Gasteiger partial charge in [0.25, 0.3) is 0 Å². The summed E-state index contributed by atoms with van der Waals surface area (Å²) in [7, 11) is 1.73. The molecule has 3 atom stereocenters. The summed E-state index contributed by atoms with van der Waals surface area (Å²) in [5, 5.41) is 11.3. The summed E-state index contributed by atoms with van der Waals surface area (Å²) in [5.41, 5.74) is 2.87. The first-order valence-electron chi connectivity index (χ1n) is 10.8. The molecule has 0 saturated carbocycles. The predicted octanol–water partition coefficient (Wildman–Crippen LogP) is 5.50. The second-order valence-corrected chi connectivity index (χ2v) is 8.79. The van der Waals surface area contributed by atoms with E-state index in [0.717, 1.165) is 43.7 Å². The Morgan fingerprint density at radius 1 is 1.07 bits per heavy atom. The van der Waals surface area contributed by atoms with Crippen LogP contribution < -0.4 is 4.74 Å². The normalized spacial score (nSPS) is 27.4. The Balaban J connectivity index is 0.00000240. The Morgan fingerprint density at radius 3 is 2.62 bits per heavy atom. The van der Waals surface area contributed by atoms with Crippen LogP contribution in [0, 0.1) is 5.92 Å². The number of methoxy groups -OCH3 is 1. The second-order valence-electron chi connectivity index (χ2n) is 8.79. The molecule has 3 unspecified atom stereocenters. The van der Waals surface area contributed by atoms with E-state index < -0.39 is 5.60 Å². The van der Waals surface area contributed by atoms with Gasteiger partial charge in [-0.05, 0) is 68.7 Å². The molecule has 2 aromatic rings. The van der Waals surface area contributed by atoms with Gasteiger partial charge in [0.15, 0.2) is 0 Å². The number of halogens is 1. The summed E-state index contributed by atoms with van der Waals surface area (Å²) < 4.78 is 5.60. The van der Waals surface area contributed by atoms with Gasteiger partial charge in [-0.15, -0.1) is 12.4 Å². The van der Waals surface area contributed by atoms with Gasteiger partial charge in [0.2, 0.25) is 0 Å². The summed E-state index contributed by atoms with van der Waals surface area (Å²) in [5.74, 6) is 1.40. The summed E-state index contributed by atoms with van der Waals surface area (Å²) in [6.45, 7) is 4.20. The van der Waals surface area contributed by atoms with Crippen LogP contribution in [0.25, 0.3) is 0 Å². The molecular formula is C25H34ClNO2. The molecule has 1 aliphatic heterocycles. The third-order valence-corrected chi connectivity index (χ3v) is 6.71. The molecule has 2 aliphatic rings. The van der Waals surface area contributed by atoms with E-state index >= 15 is 0 Å². The summed E-state index contributed by atoms with van der Waals surface area (Å²) in [4.78, 5) is 2.67. The van der Waals surface area contributed by atoms with Gasteiger partial charge in [-0.2, -0.15) is 0 Å². The molecule has 0 spiro atoms. The molecule has 158 valence electrons. The van der Waals surface area contributed by atoms with Crippen molar-refractivity contribution >= 4 is 12.4 Å². The summed E-state index contributed by atoms with van der Waals surface area (Å²) in [6, 6.07) is 17.6. The maximum atomic E-state index is 11.3. The number of fused-ring (bicyclic) bond motifs is 1. The first-order valence-corrected chi connectivity index (χ1v) is 10.8. The van der Waals surface area contributed by atoms with Crippen molar-refractivity contribution in [3.05, 3.63) is 65.2 Å². The van der Waals surface area contributed by atoms with Crippen molar-refractivity contribution in [2.45, 2.75) is 57.1 Å². The standard InChI is InChI=1S/C25H33NO2.ClH/c1-25(27)17-19(14-15-21-22(25)11-8-13-24(21)28-2)18-26-16-7-6-12-23(26)20-9-4-3-5-10-20;/h3-5,8-11,13,19,23,27H,6-7,12,14-18H2,1-2H3;1H. The van der Waals surface area contributed by atoms with Crippen LogP contribution in [0.4, 0.5) is 0 Å². The lowest BCUT2D eigenvalue weighted by atomic mass is 9.85. The van der Waals surface area contributed by atoms with E-state index in [2.05, 4.69) is 41.3 Å². The van der Waals surface area contributed by atoms with Gasteiger partial charge in [-0.3, -0.25) is 4.90 Å². The van der Waals surface area contributed by atoms with Crippen molar-refractivity contribution in [3.8, 4) is 5.75 Å². The molecule has 1 saturated heterocycles. The zero-order valence-corrected chi connectivity index (χ0v) is 18.5. The van der Waals surface area contributed by atoms with Crippen LogP contribution in [-0.2, 0) is 12.0 Å². The maximum Gasteiger partial charge on any atom is 0.122 e. The lowest BCUT2D eigenvalue weighted by Crippen LogP contribution is -2.38. The average Bonchev–Trinajstić information content (AvgIpc) is 2.85. The highest BCUT2D eigenvalue weighted by molar-refractivity contribution is 5.85. The van der Waals surface area contributed by atoms with E-state index in [1.54, 1.807) is 7.11 Å². The molecule has 29 heavy (non-hydrogen) atoms. The minimum atomic E-state index is -0.803. The van der Waals surface area contributed by atoms with E-state index in [1.165, 1.54) is 30.4 Å². The Kier molecular flexibility index (Phi) is 7.26. The number of nitrogens with zero attached hydrogens (tertiary/aromatic N) is 1. The van der Waals surface area contributed by atoms with Crippen LogP contribution >= 0.6 is 12.4 Å². The largest absolute Gasteiger partial charge is 0.496 e. The van der Waals surface area contributed by atoms with E-state index in [1.807, 2.05) is 19.1 Å². The molecule has 1 aliphatic carbocycles. The number of piperidine rings is 1. The predicted molar refractivity (Wildman–Crippen MR) is 121 cm³/mol. The molecule has 1 heterocycles. The van der Waals surface area contributed by atoms with Crippen molar-refractivity contribution in [3.63, 3.8) is 0 Å². The highest BCUT2D eigenvalue weighted by atomic mass is 35.5. The topological polar surface area (TPSA) is 32.7 Å². The molecule has 0 bridgehead atoms. The lowest BCUT2D eigenvalue weighted by molar-refractivity contribution is 0.0189. The van der Waals surface area contributed by atoms with Gasteiger partial charge in [0, 0.05) is 18.2 Å². The molecule has 0 radical (unpaired) electrons. The summed E-state index contributed by atoms with van der Waals surface area (Å²) >= 11 is 0. The highest BCUT2D eigenvalue weighted by Crippen LogP contribution is 2.41. The van der Waals surface area contributed by atoms with Crippen LogP contribution in [0.1, 0.15) is 61.8 Å². The zero-order valence-electron chi connectivity index (χ0n) is 17.6. The van der Waals surface area contributed by atoms with Crippen LogP contribution in [-0.4, -0.2) is 30.2 Å². The number of likely N-dealkylation sites (tertiary alicyclic amines) is 1. The van der Waals surface area contributed by atoms with E-state index in [9.17, 15) is 5.11 Å². The van der Waals surface area contributed by atoms with Gasteiger partial charge in [-0.25, -0.2) is 0 Å². The van der Waals surface area contributed by atoms with Crippen molar-refractivity contribution in [2.24, 2.45) is 5.92 Å². The fraction of sp³-hybridized carbons (Fsp3) is 0.520. The van der Waals surface area contributed by atoms with Gasteiger partial charge in [0.05, 0.1) is 12.7 Å². The van der Waals surface area contributed by atoms with Crippen molar-refractivity contribution in [1.29, 1.82) is 0 Å². The van der Waals surface area contributed by atoms with Crippen LogP contribution in [0.15, 0.2) is 48.5 Å². The number of rotatable bonds is 4. The molecular weight excluding hydrogens is 382 g/mol. The number of aliphatic hydroxyl groups is 1. The SMILES string of the molecule is COc1cccc2c1CCC(CN1CCCCC1c1ccccc1)CC2(C)O.Cl. The Hall–Kier alpha value is -1.55. The first kappa shape index (κ1) is 22.1. The maximum absolute atomic E-state index is 11.3. The van der Waals surface area contributed by atoms with Crippen molar-refractivity contribution in [2.75, 3.05) is 20.2 Å². The Labute approximate surface area is 181 Å². The zero-order chi connectivity index (χ0) is 19.6. The monoisotopic (exact) mass is 415 g/mol. The fourth-order valence-corrected chi connectivity index (χ4v) is 5.39. The second kappa shape index (κ2) is 9.51. The number of benzene rings is 2. The highest BCUT2D eigenvalue weighted by Gasteiger charge is 2.35. The molecule has 0 amide bonds. The lowest BCUT2D eigenvalue weighted by Gasteiger charge is -2.39. The number of ether oxygens (including phenoxy) is 1. The smallest absolute Gasteiger partial charge is 0.122 e. The number of hydrogen-bond donors (Lipinski definition) is 1. The Morgan fingerprint density at radius 2 is 1.86 bits per heavy atom. The third-order valence-electron chi connectivity index (χ3n) is 6.71. The van der Waals surface area contributed by atoms with Crippen molar-refractivity contribution in [1.82, 2.24) is 4.90 Å². The minimum Gasteiger partial charge on any atom is -0.496 e. The fourth-order valence-electron chi connectivity index (χ4n) is 5.39. The molecule has 3 nitrogen and oxygen atoms in total. The van der Waals surface area contributed by atoms with Crippen LogP contribution in [0.3, 0.4) is 0 Å². The van der Waals surface area contributed by atoms with E-state index in [0.29, 0.717) is 12.0 Å². The Bertz CT molecular complexity index is 793. The minimum absolute atomic E-state index is 0. The van der Waals surface area contributed by atoms with Crippen LogP contribution in [0.2, 0.25) is 0 Å².